The number of rotatable bonds is 3. The van der Waals surface area contributed by atoms with Crippen LogP contribution in [0.1, 0.15) is 17.5 Å². The molecule has 1 heterocycles. The molecular weight excluding hydrogens is 174 g/mol. The normalized spacial score (nSPS) is 12.1. The van der Waals surface area contributed by atoms with Gasteiger partial charge in [-0.1, -0.05) is 0 Å². The van der Waals surface area contributed by atoms with Gasteiger partial charge in [-0.2, -0.15) is 0 Å². The molecule has 0 spiro atoms. The molecule has 1 amide bonds. The van der Waals surface area contributed by atoms with E-state index >= 15 is 0 Å². The number of hydrogen-bond acceptors (Lipinski definition) is 3. The number of carbonyl (C=O) groups excluding carboxylic acids is 1. The number of nitrogens with one attached hydrogen (secondary N) is 2. The average Bonchev–Trinajstić information content (AvgIpc) is 2.55. The Morgan fingerprint density at radius 3 is 2.85 bits per heavy atom. The summed E-state index contributed by atoms with van der Waals surface area (Å²) >= 11 is 0. The van der Waals surface area contributed by atoms with Gasteiger partial charge in [0.25, 0.3) is 5.91 Å². The highest BCUT2D eigenvalue weighted by Gasteiger charge is 2.16. The van der Waals surface area contributed by atoms with Gasteiger partial charge in [0.1, 0.15) is 6.04 Å². The van der Waals surface area contributed by atoms with Crippen molar-refractivity contribution in [1.82, 2.24) is 15.3 Å². The van der Waals surface area contributed by atoms with Gasteiger partial charge in [0.2, 0.25) is 0 Å². The first-order chi connectivity index (χ1) is 6.11. The van der Waals surface area contributed by atoms with Crippen LogP contribution in [0.3, 0.4) is 0 Å². The number of carboxylic acids is 1. The molecule has 0 fully saturated rings. The van der Waals surface area contributed by atoms with E-state index in [1.807, 2.05) is 0 Å². The first-order valence-electron chi connectivity index (χ1n) is 3.64. The zero-order valence-electron chi connectivity index (χ0n) is 6.94. The van der Waals surface area contributed by atoms with Gasteiger partial charge in [0, 0.05) is 12.4 Å². The fourth-order valence-electron chi connectivity index (χ4n) is 0.716. The zero-order valence-corrected chi connectivity index (χ0v) is 6.94. The van der Waals surface area contributed by atoms with Crippen molar-refractivity contribution in [2.75, 3.05) is 0 Å². The van der Waals surface area contributed by atoms with Crippen molar-refractivity contribution in [3.63, 3.8) is 0 Å². The third kappa shape index (κ3) is 2.29. The molecule has 0 aliphatic heterocycles. The number of nitrogens with zero attached hydrogens (tertiary/aromatic N) is 1. The quantitative estimate of drug-likeness (QED) is 0.594. The molecule has 0 aliphatic carbocycles. The van der Waals surface area contributed by atoms with Crippen molar-refractivity contribution in [2.24, 2.45) is 0 Å². The predicted molar refractivity (Wildman–Crippen MR) is 43.2 cm³/mol. The fourth-order valence-corrected chi connectivity index (χ4v) is 0.716. The molecule has 70 valence electrons. The van der Waals surface area contributed by atoms with Crippen LogP contribution < -0.4 is 5.32 Å². The minimum absolute atomic E-state index is 0.105. The predicted octanol–water partition coefficient (Wildman–Crippen LogP) is -0.387. The molecule has 1 atom stereocenters. The van der Waals surface area contributed by atoms with Gasteiger partial charge >= 0.3 is 5.97 Å². The van der Waals surface area contributed by atoms with E-state index in [1.54, 1.807) is 0 Å². The van der Waals surface area contributed by atoms with Crippen molar-refractivity contribution in [1.29, 1.82) is 0 Å². The van der Waals surface area contributed by atoms with Crippen LogP contribution in [0, 0.1) is 0 Å². The maximum atomic E-state index is 11.2. The fraction of sp³-hybridized carbons (Fsp3) is 0.286. The second kappa shape index (κ2) is 3.70. The van der Waals surface area contributed by atoms with E-state index in [-0.39, 0.29) is 5.82 Å². The van der Waals surface area contributed by atoms with Crippen LogP contribution in [0.5, 0.6) is 0 Å². The smallest absolute Gasteiger partial charge is 0.325 e. The second-order valence-electron chi connectivity index (χ2n) is 2.47. The summed E-state index contributed by atoms with van der Waals surface area (Å²) in [5, 5.41) is 10.7. The minimum atomic E-state index is -1.08. The highest BCUT2D eigenvalue weighted by atomic mass is 16.4. The molecule has 3 N–H and O–H groups in total. The number of imidazole rings is 1. The van der Waals surface area contributed by atoms with E-state index in [9.17, 15) is 9.59 Å². The Morgan fingerprint density at radius 2 is 2.38 bits per heavy atom. The number of amides is 1. The van der Waals surface area contributed by atoms with Gasteiger partial charge in [0.05, 0.1) is 0 Å². The van der Waals surface area contributed by atoms with Crippen molar-refractivity contribution in [2.45, 2.75) is 13.0 Å². The maximum absolute atomic E-state index is 11.2. The van der Waals surface area contributed by atoms with Gasteiger partial charge in [-0.3, -0.25) is 9.59 Å². The molecule has 0 radical (unpaired) electrons. The Balaban J connectivity index is 2.56. The summed E-state index contributed by atoms with van der Waals surface area (Å²) < 4.78 is 0. The first kappa shape index (κ1) is 9.24. The van der Waals surface area contributed by atoms with Gasteiger partial charge in [0.15, 0.2) is 5.82 Å². The number of hydrogen-bond donors (Lipinski definition) is 3. The lowest BCUT2D eigenvalue weighted by atomic mass is 10.3. The van der Waals surface area contributed by atoms with Gasteiger partial charge in [-0.05, 0) is 6.92 Å². The molecule has 0 aromatic carbocycles. The summed E-state index contributed by atoms with van der Waals surface area (Å²) in [5.41, 5.74) is 0. The molecular formula is C7H9N3O3. The highest BCUT2D eigenvalue weighted by molar-refractivity contribution is 5.93. The zero-order chi connectivity index (χ0) is 9.84. The van der Waals surface area contributed by atoms with Crippen LogP contribution in [0.15, 0.2) is 12.4 Å². The van der Waals surface area contributed by atoms with E-state index in [2.05, 4.69) is 15.3 Å². The number of aromatic amines is 1. The second-order valence-corrected chi connectivity index (χ2v) is 2.47. The standard InChI is InChI=1S/C7H9N3O3/c1-4(7(12)13)10-6(11)5-8-2-3-9-5/h2-4H,1H3,(H,8,9)(H,10,11)(H,12,13)/t4-/m0/s1. The van der Waals surface area contributed by atoms with Crippen molar-refractivity contribution in [3.8, 4) is 0 Å². The Kier molecular flexibility index (Phi) is 2.63. The van der Waals surface area contributed by atoms with Crippen LogP contribution in [0.2, 0.25) is 0 Å². The molecule has 0 bridgehead atoms. The SMILES string of the molecule is C[C@H](NC(=O)c1ncc[nH]1)C(=O)O. The Bertz CT molecular complexity index is 307. The average molecular weight is 183 g/mol. The summed E-state index contributed by atoms with van der Waals surface area (Å²) in [6, 6.07) is -0.919. The van der Waals surface area contributed by atoms with E-state index in [0.717, 1.165) is 0 Å². The lowest BCUT2D eigenvalue weighted by Gasteiger charge is -2.06. The van der Waals surface area contributed by atoms with Crippen LogP contribution >= 0.6 is 0 Å². The Hall–Kier alpha value is -1.85. The number of aliphatic carboxylic acids is 1. The molecule has 1 aromatic rings. The molecule has 13 heavy (non-hydrogen) atoms. The van der Waals surface area contributed by atoms with Gasteiger partial charge in [-0.25, -0.2) is 4.98 Å². The summed E-state index contributed by atoms with van der Waals surface area (Å²) in [4.78, 5) is 27.7. The molecule has 0 saturated heterocycles. The van der Waals surface area contributed by atoms with E-state index < -0.39 is 17.9 Å². The number of carboxylic acid groups (broad SMARTS) is 1. The third-order valence-electron chi connectivity index (χ3n) is 1.43. The summed E-state index contributed by atoms with van der Waals surface area (Å²) in [6.07, 6.45) is 2.90. The van der Waals surface area contributed by atoms with Crippen LogP contribution in [0.4, 0.5) is 0 Å². The van der Waals surface area contributed by atoms with Gasteiger partial charge in [-0.15, -0.1) is 0 Å². The molecule has 6 nitrogen and oxygen atoms in total. The van der Waals surface area contributed by atoms with Crippen molar-refractivity contribution < 1.29 is 14.7 Å². The summed E-state index contributed by atoms with van der Waals surface area (Å²) in [7, 11) is 0. The molecule has 1 aromatic heterocycles. The molecule has 6 heteroatoms. The van der Waals surface area contributed by atoms with E-state index in [1.165, 1.54) is 19.3 Å². The number of H-pyrrole nitrogens is 1. The molecule has 0 saturated carbocycles. The number of carbonyl (C=O) groups is 2. The van der Waals surface area contributed by atoms with Gasteiger partial charge < -0.3 is 15.4 Å². The maximum Gasteiger partial charge on any atom is 0.325 e. The molecule has 1 rings (SSSR count). The summed E-state index contributed by atoms with van der Waals surface area (Å²) in [5.74, 6) is -1.51. The topological polar surface area (TPSA) is 95.1 Å². The minimum Gasteiger partial charge on any atom is -0.480 e. The van der Waals surface area contributed by atoms with Crippen LogP contribution in [-0.2, 0) is 4.79 Å². The monoisotopic (exact) mass is 183 g/mol. The Morgan fingerprint density at radius 1 is 1.69 bits per heavy atom. The molecule has 0 aliphatic rings. The van der Waals surface area contributed by atoms with Crippen molar-refractivity contribution >= 4 is 11.9 Å². The van der Waals surface area contributed by atoms with Crippen molar-refractivity contribution in [3.05, 3.63) is 18.2 Å². The molecule has 0 unspecified atom stereocenters. The van der Waals surface area contributed by atoms with E-state index in [0.29, 0.717) is 0 Å². The summed E-state index contributed by atoms with van der Waals surface area (Å²) in [6.45, 7) is 1.38. The number of aromatic nitrogens is 2. The Labute approximate surface area is 74.0 Å². The lowest BCUT2D eigenvalue weighted by molar-refractivity contribution is -0.138. The lowest BCUT2D eigenvalue weighted by Crippen LogP contribution is -2.38. The third-order valence-corrected chi connectivity index (χ3v) is 1.43. The largest absolute Gasteiger partial charge is 0.480 e. The van der Waals surface area contributed by atoms with E-state index in [4.69, 9.17) is 5.11 Å². The highest BCUT2D eigenvalue weighted by Crippen LogP contribution is 1.90. The van der Waals surface area contributed by atoms with Crippen LogP contribution in [-0.4, -0.2) is 33.0 Å². The first-order valence-corrected chi connectivity index (χ1v) is 3.64. The van der Waals surface area contributed by atoms with Crippen LogP contribution in [0.25, 0.3) is 0 Å².